The first-order chi connectivity index (χ1) is 11.4. The molecule has 0 aromatic carbocycles. The summed E-state index contributed by atoms with van der Waals surface area (Å²) >= 11 is 0. The Kier molecular flexibility index (Phi) is 4.44. The summed E-state index contributed by atoms with van der Waals surface area (Å²) in [5.41, 5.74) is 0.312. The fourth-order valence-corrected chi connectivity index (χ4v) is 4.32. The Labute approximate surface area is 141 Å². The molecule has 0 aliphatic carbocycles. The second-order valence-corrected chi connectivity index (χ2v) is 7.85. The monoisotopic (exact) mass is 351 g/mol. The Balaban J connectivity index is 1.77. The summed E-state index contributed by atoms with van der Waals surface area (Å²) in [6.07, 6.45) is 2.35. The summed E-state index contributed by atoms with van der Waals surface area (Å²) in [6.45, 7) is 7.24. The second kappa shape index (κ2) is 6.39. The van der Waals surface area contributed by atoms with Crippen molar-refractivity contribution in [2.75, 3.05) is 22.7 Å². The van der Waals surface area contributed by atoms with Crippen molar-refractivity contribution in [1.82, 2.24) is 15.4 Å². The lowest BCUT2D eigenvalue weighted by molar-refractivity contribution is 0.390. The fraction of sp³-hybridized carbons (Fsp3) is 0.533. The summed E-state index contributed by atoms with van der Waals surface area (Å²) in [4.78, 5) is 2.21. The molecule has 2 aromatic rings. The largest absolute Gasteiger partial charge is 0.360 e. The number of piperidine rings is 1. The zero-order chi connectivity index (χ0) is 17.3. The molecule has 130 valence electrons. The average molecular weight is 351 g/mol. The van der Waals surface area contributed by atoms with E-state index in [0.29, 0.717) is 11.6 Å². The lowest BCUT2D eigenvalue weighted by Gasteiger charge is -2.31. The van der Waals surface area contributed by atoms with Crippen molar-refractivity contribution in [2.45, 2.75) is 38.5 Å². The minimum absolute atomic E-state index is 0.0400. The van der Waals surface area contributed by atoms with E-state index in [1.165, 1.54) is 6.42 Å². The predicted octanol–water partition coefficient (Wildman–Crippen LogP) is 2.12. The standard InChI is InChI=1S/C15H21N5O3S/c1-10-5-4-8-20(9-10)14-7-6-13(16-17-14)19-24(21,22)15-11(2)18-23-12(15)3/h6-7,10H,4-5,8-9H2,1-3H3,(H,16,19). The summed E-state index contributed by atoms with van der Waals surface area (Å²) in [5, 5.41) is 11.8. The molecule has 3 heterocycles. The van der Waals surface area contributed by atoms with Gasteiger partial charge in [-0.25, -0.2) is 8.42 Å². The molecule has 1 saturated heterocycles. The highest BCUT2D eigenvalue weighted by Crippen LogP contribution is 2.23. The van der Waals surface area contributed by atoms with Gasteiger partial charge >= 0.3 is 0 Å². The third-order valence-corrected chi connectivity index (χ3v) is 5.71. The van der Waals surface area contributed by atoms with Gasteiger partial charge in [0.1, 0.15) is 5.69 Å². The van der Waals surface area contributed by atoms with E-state index in [4.69, 9.17) is 4.52 Å². The average Bonchev–Trinajstić information content (AvgIpc) is 2.87. The lowest BCUT2D eigenvalue weighted by atomic mass is 10.0. The Morgan fingerprint density at radius 1 is 1.29 bits per heavy atom. The first-order valence-electron chi connectivity index (χ1n) is 7.91. The molecule has 3 rings (SSSR count). The molecule has 0 amide bonds. The number of aromatic nitrogens is 3. The van der Waals surface area contributed by atoms with Crippen molar-refractivity contribution in [1.29, 1.82) is 0 Å². The Hall–Kier alpha value is -2.16. The SMILES string of the molecule is Cc1noc(C)c1S(=O)(=O)Nc1ccc(N2CCCC(C)C2)nn1. The Morgan fingerprint density at radius 2 is 2.08 bits per heavy atom. The maximum Gasteiger partial charge on any atom is 0.268 e. The van der Waals surface area contributed by atoms with Gasteiger partial charge in [-0.3, -0.25) is 4.72 Å². The van der Waals surface area contributed by atoms with Crippen molar-refractivity contribution < 1.29 is 12.9 Å². The molecule has 1 unspecified atom stereocenters. The van der Waals surface area contributed by atoms with Gasteiger partial charge in [-0.05, 0) is 44.7 Å². The van der Waals surface area contributed by atoms with E-state index in [2.05, 4.69) is 31.9 Å². The van der Waals surface area contributed by atoms with E-state index in [-0.39, 0.29) is 16.5 Å². The maximum atomic E-state index is 12.4. The predicted molar refractivity (Wildman–Crippen MR) is 89.4 cm³/mol. The molecule has 0 spiro atoms. The van der Waals surface area contributed by atoms with E-state index < -0.39 is 10.0 Å². The highest BCUT2D eigenvalue weighted by molar-refractivity contribution is 7.92. The molecular weight excluding hydrogens is 330 g/mol. The van der Waals surface area contributed by atoms with Gasteiger partial charge < -0.3 is 9.42 Å². The zero-order valence-corrected chi connectivity index (χ0v) is 14.8. The topological polar surface area (TPSA) is 101 Å². The van der Waals surface area contributed by atoms with Crippen LogP contribution in [0.2, 0.25) is 0 Å². The van der Waals surface area contributed by atoms with E-state index in [0.717, 1.165) is 25.3 Å². The second-order valence-electron chi connectivity index (χ2n) is 6.23. The third kappa shape index (κ3) is 3.35. The van der Waals surface area contributed by atoms with Crippen LogP contribution in [-0.2, 0) is 10.0 Å². The van der Waals surface area contributed by atoms with Crippen LogP contribution in [0.4, 0.5) is 11.6 Å². The van der Waals surface area contributed by atoms with Gasteiger partial charge in [0.2, 0.25) is 0 Å². The van der Waals surface area contributed by atoms with E-state index in [1.807, 2.05) is 0 Å². The number of aryl methyl sites for hydroxylation is 2. The quantitative estimate of drug-likeness (QED) is 0.900. The zero-order valence-electron chi connectivity index (χ0n) is 14.0. The summed E-state index contributed by atoms with van der Waals surface area (Å²) < 4.78 is 32.2. The molecule has 1 aliphatic heterocycles. The van der Waals surface area contributed by atoms with Crippen molar-refractivity contribution in [3.05, 3.63) is 23.6 Å². The highest BCUT2D eigenvalue weighted by Gasteiger charge is 2.25. The molecule has 0 saturated carbocycles. The van der Waals surface area contributed by atoms with Crippen molar-refractivity contribution in [3.8, 4) is 0 Å². The molecule has 1 aliphatic rings. The van der Waals surface area contributed by atoms with Crippen LogP contribution >= 0.6 is 0 Å². The van der Waals surface area contributed by atoms with Crippen LogP contribution in [0.5, 0.6) is 0 Å². The van der Waals surface area contributed by atoms with Gasteiger partial charge in [0, 0.05) is 13.1 Å². The van der Waals surface area contributed by atoms with Crippen LogP contribution in [0.25, 0.3) is 0 Å². The smallest absolute Gasteiger partial charge is 0.268 e. The van der Waals surface area contributed by atoms with Crippen LogP contribution < -0.4 is 9.62 Å². The third-order valence-electron chi connectivity index (χ3n) is 4.11. The van der Waals surface area contributed by atoms with E-state index in [9.17, 15) is 8.42 Å². The van der Waals surface area contributed by atoms with Gasteiger partial charge in [-0.1, -0.05) is 12.1 Å². The van der Waals surface area contributed by atoms with Crippen molar-refractivity contribution >= 4 is 21.7 Å². The molecule has 8 nitrogen and oxygen atoms in total. The summed E-state index contributed by atoms with van der Waals surface area (Å²) in [5.74, 6) is 1.80. The highest BCUT2D eigenvalue weighted by atomic mass is 32.2. The molecule has 2 aromatic heterocycles. The number of hydrogen-bond acceptors (Lipinski definition) is 7. The number of anilines is 2. The molecule has 0 radical (unpaired) electrons. The van der Waals surface area contributed by atoms with Crippen LogP contribution in [-0.4, -0.2) is 36.9 Å². The number of sulfonamides is 1. The van der Waals surface area contributed by atoms with Gasteiger partial charge in [0.25, 0.3) is 10.0 Å². The number of hydrogen-bond donors (Lipinski definition) is 1. The molecule has 1 fully saturated rings. The molecule has 9 heteroatoms. The molecule has 24 heavy (non-hydrogen) atoms. The lowest BCUT2D eigenvalue weighted by Crippen LogP contribution is -2.34. The summed E-state index contributed by atoms with van der Waals surface area (Å²) in [7, 11) is -3.80. The minimum Gasteiger partial charge on any atom is -0.360 e. The fourth-order valence-electron chi connectivity index (χ4n) is 2.99. The maximum absolute atomic E-state index is 12.4. The molecular formula is C15H21N5O3S. The number of nitrogens with zero attached hydrogens (tertiary/aromatic N) is 4. The van der Waals surface area contributed by atoms with E-state index >= 15 is 0 Å². The molecule has 1 N–H and O–H groups in total. The van der Waals surface area contributed by atoms with Crippen molar-refractivity contribution in [2.24, 2.45) is 5.92 Å². The van der Waals surface area contributed by atoms with Gasteiger partial charge in [-0.15, -0.1) is 10.2 Å². The van der Waals surface area contributed by atoms with Crippen LogP contribution in [0.15, 0.2) is 21.6 Å². The Bertz CT molecular complexity index is 797. The van der Waals surface area contributed by atoms with Gasteiger partial charge in [-0.2, -0.15) is 0 Å². The first-order valence-corrected chi connectivity index (χ1v) is 9.39. The van der Waals surface area contributed by atoms with Crippen LogP contribution in [0, 0.1) is 19.8 Å². The van der Waals surface area contributed by atoms with Gasteiger partial charge in [0.15, 0.2) is 22.3 Å². The van der Waals surface area contributed by atoms with Crippen molar-refractivity contribution in [3.63, 3.8) is 0 Å². The molecule has 0 bridgehead atoms. The summed E-state index contributed by atoms with van der Waals surface area (Å²) in [6, 6.07) is 3.41. The normalized spacial score (nSPS) is 18.6. The Morgan fingerprint density at radius 3 is 2.67 bits per heavy atom. The van der Waals surface area contributed by atoms with Crippen LogP contribution in [0.3, 0.4) is 0 Å². The first kappa shape index (κ1) is 16.7. The minimum atomic E-state index is -3.80. The number of nitrogens with one attached hydrogen (secondary N) is 1. The van der Waals surface area contributed by atoms with Gasteiger partial charge in [0.05, 0.1) is 0 Å². The molecule has 1 atom stereocenters. The van der Waals surface area contributed by atoms with E-state index in [1.54, 1.807) is 26.0 Å². The van der Waals surface area contributed by atoms with Crippen LogP contribution in [0.1, 0.15) is 31.2 Å². The number of rotatable bonds is 4.